The second kappa shape index (κ2) is 29.8. The number of rotatable bonds is 20. The van der Waals surface area contributed by atoms with E-state index in [1.54, 1.807) is 6.92 Å². The fraction of sp³-hybridized carbons (Fsp3) is 0.917. The van der Waals surface area contributed by atoms with Gasteiger partial charge in [-0.05, 0) is 25.5 Å². The quantitative estimate of drug-likeness (QED) is 0.170. The number of hydrogen-bond acceptors (Lipinski definition) is 5. The number of unbranched alkanes of at least 4 members (excludes halogenated alkanes) is 15. The van der Waals surface area contributed by atoms with Crippen molar-refractivity contribution in [1.82, 2.24) is 0 Å². The van der Waals surface area contributed by atoms with Crippen LogP contribution >= 0.6 is 11.8 Å². The molecule has 0 saturated carbocycles. The first-order chi connectivity index (χ1) is 14.0. The molecular weight excluding hydrogens is 472 g/mol. The Bertz CT molecular complexity index is 367. The zero-order chi connectivity index (χ0) is 22.2. The third-order valence-electron chi connectivity index (χ3n) is 4.99. The van der Waals surface area contributed by atoms with Gasteiger partial charge in [-0.25, -0.2) is 0 Å². The Morgan fingerprint density at radius 1 is 0.667 bits per heavy atom. The molecule has 0 spiro atoms. The Balaban J connectivity index is -0.00000108. The first kappa shape index (κ1) is 35.4. The van der Waals surface area contributed by atoms with Crippen molar-refractivity contribution in [1.29, 1.82) is 0 Å². The molecule has 0 bridgehead atoms. The molecule has 30 heavy (non-hydrogen) atoms. The first-order valence-corrected chi connectivity index (χ1v) is 13.0. The van der Waals surface area contributed by atoms with Gasteiger partial charge < -0.3 is 19.8 Å². The fourth-order valence-corrected chi connectivity index (χ4v) is 3.84. The van der Waals surface area contributed by atoms with E-state index in [4.69, 9.17) is 0 Å². The Labute approximate surface area is 228 Å². The minimum absolute atomic E-state index is 0. The van der Waals surface area contributed by atoms with Crippen LogP contribution in [-0.2, 0) is 9.59 Å². The summed E-state index contributed by atoms with van der Waals surface area (Å²) in [5.41, 5.74) is 0. The van der Waals surface area contributed by atoms with Crippen LogP contribution < -0.4 is 10.2 Å². The van der Waals surface area contributed by atoms with E-state index in [0.29, 0.717) is 0 Å². The average Bonchev–Trinajstić information content (AvgIpc) is 2.70. The van der Waals surface area contributed by atoms with Crippen LogP contribution in [0.25, 0.3) is 0 Å². The maximum absolute atomic E-state index is 10.6. The Morgan fingerprint density at radius 3 is 1.23 bits per heavy atom. The van der Waals surface area contributed by atoms with Crippen LogP contribution in [0.3, 0.4) is 0 Å². The molecule has 0 heterocycles. The van der Waals surface area contributed by atoms with Crippen molar-refractivity contribution in [2.75, 3.05) is 5.75 Å². The van der Waals surface area contributed by atoms with Gasteiger partial charge in [0.25, 0.3) is 0 Å². The summed E-state index contributed by atoms with van der Waals surface area (Å²) in [4.78, 5) is 19.8. The van der Waals surface area contributed by atoms with E-state index in [1.807, 2.05) is 0 Å². The van der Waals surface area contributed by atoms with E-state index < -0.39 is 11.9 Å². The van der Waals surface area contributed by atoms with Crippen LogP contribution in [0.5, 0.6) is 0 Å². The summed E-state index contributed by atoms with van der Waals surface area (Å²) in [6.07, 6.45) is 22.1. The second-order valence-corrected chi connectivity index (χ2v) is 9.31. The van der Waals surface area contributed by atoms with Gasteiger partial charge in [-0.3, -0.25) is 0 Å². The Morgan fingerprint density at radius 2 is 0.967 bits per heavy atom. The van der Waals surface area contributed by atoms with Gasteiger partial charge in [-0.1, -0.05) is 110 Å². The van der Waals surface area contributed by atoms with Crippen molar-refractivity contribution in [2.24, 2.45) is 0 Å². The molecular formula is C24H46O4SSr. The van der Waals surface area contributed by atoms with Crippen molar-refractivity contribution >= 4 is 69.2 Å². The summed E-state index contributed by atoms with van der Waals surface area (Å²) in [6, 6.07) is 0. The van der Waals surface area contributed by atoms with Gasteiger partial charge in [0, 0.05) is 11.2 Å². The predicted molar refractivity (Wildman–Crippen MR) is 128 cm³/mol. The fourth-order valence-electron chi connectivity index (χ4n) is 2.98. The van der Waals surface area contributed by atoms with E-state index in [0.717, 1.165) is 12.2 Å². The largest absolute Gasteiger partial charge is 2.00 e. The van der Waals surface area contributed by atoms with E-state index in [-0.39, 0.29) is 57.2 Å². The van der Waals surface area contributed by atoms with Crippen molar-refractivity contribution in [2.45, 2.75) is 135 Å². The minimum atomic E-state index is -0.995. The third-order valence-corrected chi connectivity index (χ3v) is 6.20. The van der Waals surface area contributed by atoms with Crippen LogP contribution in [-0.4, -0.2) is 68.4 Å². The van der Waals surface area contributed by atoms with Crippen LogP contribution in [0.1, 0.15) is 130 Å². The molecule has 174 valence electrons. The van der Waals surface area contributed by atoms with E-state index in [9.17, 15) is 19.8 Å². The monoisotopic (exact) mass is 518 g/mol. The molecule has 0 aliphatic rings. The SMILES string of the molecule is CCC(=O)[O-].CCCCCCCCCCCCCCCCCCSC(C)C(=O)[O-].[Sr+2]. The molecule has 0 aromatic carbocycles. The van der Waals surface area contributed by atoms with Gasteiger partial charge in [-0.2, -0.15) is 11.8 Å². The number of carboxylic acids is 2. The molecule has 0 fully saturated rings. The standard InChI is InChI=1S/C21H42O2S.C3H6O2.Sr/c1-3-4-5-6-7-8-9-10-11-12-13-14-15-16-17-18-19-24-20(2)21(22)23;1-2-3(4)5;/h20H,3-19H2,1-2H3,(H,22,23);2H2,1H3,(H,4,5);/q;;+2/p-2. The number of hydrogen-bond donors (Lipinski definition) is 0. The van der Waals surface area contributed by atoms with Crippen molar-refractivity contribution < 1.29 is 19.8 Å². The zero-order valence-electron chi connectivity index (χ0n) is 20.1. The van der Waals surface area contributed by atoms with Crippen LogP contribution in [0.2, 0.25) is 0 Å². The maximum Gasteiger partial charge on any atom is 2.00 e. The average molecular weight is 518 g/mol. The third kappa shape index (κ3) is 33.4. The topological polar surface area (TPSA) is 80.3 Å². The molecule has 1 unspecified atom stereocenters. The molecule has 6 heteroatoms. The molecule has 1 atom stereocenters. The second-order valence-electron chi connectivity index (χ2n) is 7.86. The smallest absolute Gasteiger partial charge is 0.550 e. The Kier molecular flexibility index (Phi) is 35.1. The molecule has 0 saturated heterocycles. The summed E-state index contributed by atoms with van der Waals surface area (Å²) in [5, 5.41) is 19.5. The van der Waals surface area contributed by atoms with Gasteiger partial charge in [0.05, 0.1) is 5.97 Å². The molecule has 0 N–H and O–H groups in total. The normalized spacial score (nSPS) is 11.2. The van der Waals surface area contributed by atoms with Gasteiger partial charge in [0.2, 0.25) is 0 Å². The van der Waals surface area contributed by atoms with Gasteiger partial charge >= 0.3 is 45.5 Å². The zero-order valence-corrected chi connectivity index (χ0v) is 24.3. The molecule has 0 aliphatic carbocycles. The molecule has 0 aromatic rings. The summed E-state index contributed by atoms with van der Waals surface area (Å²) in [5.74, 6) is -0.977. The van der Waals surface area contributed by atoms with E-state index in [2.05, 4.69) is 6.92 Å². The number of thioether (sulfide) groups is 1. The van der Waals surface area contributed by atoms with Crippen LogP contribution in [0, 0.1) is 0 Å². The number of carboxylic acid groups (broad SMARTS) is 2. The molecule has 0 amide bonds. The summed E-state index contributed by atoms with van der Waals surface area (Å²) in [7, 11) is 0. The predicted octanol–water partition coefficient (Wildman–Crippen LogP) is 4.89. The molecule has 0 aromatic heterocycles. The molecule has 0 aliphatic heterocycles. The van der Waals surface area contributed by atoms with Crippen molar-refractivity contribution in [3.63, 3.8) is 0 Å². The van der Waals surface area contributed by atoms with Gasteiger partial charge in [0.15, 0.2) is 0 Å². The minimum Gasteiger partial charge on any atom is -0.550 e. The van der Waals surface area contributed by atoms with E-state index >= 15 is 0 Å². The number of aliphatic carboxylic acids is 2. The summed E-state index contributed by atoms with van der Waals surface area (Å²) in [6.45, 7) is 5.53. The molecule has 0 radical (unpaired) electrons. The summed E-state index contributed by atoms with van der Waals surface area (Å²) >= 11 is 1.51. The Hall–Kier alpha value is 0.771. The maximum atomic E-state index is 10.6. The van der Waals surface area contributed by atoms with E-state index in [1.165, 1.54) is 115 Å². The molecule has 0 rings (SSSR count). The van der Waals surface area contributed by atoms with Gasteiger partial charge in [-0.15, -0.1) is 0 Å². The number of carbonyl (C=O) groups excluding carboxylic acids is 2. The van der Waals surface area contributed by atoms with Crippen molar-refractivity contribution in [3.05, 3.63) is 0 Å². The summed E-state index contributed by atoms with van der Waals surface area (Å²) < 4.78 is 0. The molecule has 4 nitrogen and oxygen atoms in total. The van der Waals surface area contributed by atoms with Crippen molar-refractivity contribution in [3.8, 4) is 0 Å². The van der Waals surface area contributed by atoms with Crippen LogP contribution in [0.15, 0.2) is 0 Å². The van der Waals surface area contributed by atoms with Gasteiger partial charge in [0.1, 0.15) is 0 Å². The van der Waals surface area contributed by atoms with Crippen LogP contribution in [0.4, 0.5) is 0 Å². The first-order valence-electron chi connectivity index (χ1n) is 12.0. The number of carbonyl (C=O) groups is 2.